The third kappa shape index (κ3) is 4.57. The van der Waals surface area contributed by atoms with Crippen LogP contribution in [0.2, 0.25) is 0 Å². The van der Waals surface area contributed by atoms with Gasteiger partial charge in [0, 0.05) is 19.1 Å². The number of rotatable bonds is 6. The first kappa shape index (κ1) is 17.0. The summed E-state index contributed by atoms with van der Waals surface area (Å²) in [6.45, 7) is 6.14. The summed E-state index contributed by atoms with van der Waals surface area (Å²) in [6.07, 6.45) is 2.49. The highest BCUT2D eigenvalue weighted by Gasteiger charge is 2.30. The molecule has 0 aliphatic heterocycles. The molecule has 126 valence electrons. The SMILES string of the molecule is CC(C)c1ccc(CN(C(=S)NCc2ccccc2)C2CC2)cc1. The third-order valence-electron chi connectivity index (χ3n) is 4.53. The van der Waals surface area contributed by atoms with Crippen LogP contribution in [0.5, 0.6) is 0 Å². The Bertz CT molecular complexity index is 660. The maximum atomic E-state index is 5.67. The van der Waals surface area contributed by atoms with Crippen molar-refractivity contribution in [1.29, 1.82) is 0 Å². The molecule has 0 heterocycles. The fourth-order valence-electron chi connectivity index (χ4n) is 2.83. The zero-order chi connectivity index (χ0) is 16.9. The molecule has 1 aliphatic carbocycles. The first-order chi connectivity index (χ1) is 11.6. The zero-order valence-corrected chi connectivity index (χ0v) is 15.4. The average Bonchev–Trinajstić information content (AvgIpc) is 3.44. The van der Waals surface area contributed by atoms with E-state index < -0.39 is 0 Å². The van der Waals surface area contributed by atoms with Gasteiger partial charge in [-0.05, 0) is 47.7 Å². The lowest BCUT2D eigenvalue weighted by Crippen LogP contribution is -2.40. The molecule has 0 amide bonds. The van der Waals surface area contributed by atoms with Gasteiger partial charge < -0.3 is 10.2 Å². The molecule has 0 atom stereocenters. The monoisotopic (exact) mass is 338 g/mol. The van der Waals surface area contributed by atoms with E-state index in [-0.39, 0.29) is 0 Å². The van der Waals surface area contributed by atoms with Gasteiger partial charge in [0.15, 0.2) is 5.11 Å². The van der Waals surface area contributed by atoms with E-state index in [0.29, 0.717) is 12.0 Å². The van der Waals surface area contributed by atoms with Crippen LogP contribution in [0.1, 0.15) is 49.3 Å². The van der Waals surface area contributed by atoms with E-state index in [1.807, 2.05) is 6.07 Å². The van der Waals surface area contributed by atoms with E-state index in [0.717, 1.165) is 18.2 Å². The highest BCUT2D eigenvalue weighted by atomic mass is 32.1. The average molecular weight is 339 g/mol. The molecule has 3 rings (SSSR count). The van der Waals surface area contributed by atoms with Crippen LogP contribution in [0.25, 0.3) is 0 Å². The quantitative estimate of drug-likeness (QED) is 0.758. The molecule has 1 N–H and O–H groups in total. The molecule has 0 saturated heterocycles. The van der Waals surface area contributed by atoms with E-state index >= 15 is 0 Å². The van der Waals surface area contributed by atoms with Gasteiger partial charge in [-0.3, -0.25) is 0 Å². The number of nitrogens with one attached hydrogen (secondary N) is 1. The Hall–Kier alpha value is -1.87. The molecule has 1 aliphatic rings. The van der Waals surface area contributed by atoms with E-state index in [2.05, 4.69) is 72.6 Å². The maximum absolute atomic E-state index is 5.67. The van der Waals surface area contributed by atoms with Crippen LogP contribution in [0.4, 0.5) is 0 Å². The summed E-state index contributed by atoms with van der Waals surface area (Å²) in [6, 6.07) is 20.0. The first-order valence-corrected chi connectivity index (χ1v) is 9.21. The molecule has 0 aromatic heterocycles. The van der Waals surface area contributed by atoms with Crippen molar-refractivity contribution in [2.75, 3.05) is 0 Å². The van der Waals surface area contributed by atoms with Crippen LogP contribution in [0.15, 0.2) is 54.6 Å². The predicted octanol–water partition coefficient (Wildman–Crippen LogP) is 4.85. The molecule has 2 aromatic rings. The van der Waals surface area contributed by atoms with Crippen LogP contribution in [0.3, 0.4) is 0 Å². The summed E-state index contributed by atoms with van der Waals surface area (Å²) in [4.78, 5) is 2.35. The summed E-state index contributed by atoms with van der Waals surface area (Å²) < 4.78 is 0. The van der Waals surface area contributed by atoms with Gasteiger partial charge in [0.2, 0.25) is 0 Å². The maximum Gasteiger partial charge on any atom is 0.169 e. The zero-order valence-electron chi connectivity index (χ0n) is 14.5. The van der Waals surface area contributed by atoms with Gasteiger partial charge in [-0.15, -0.1) is 0 Å². The van der Waals surface area contributed by atoms with Crippen LogP contribution in [-0.2, 0) is 13.1 Å². The van der Waals surface area contributed by atoms with Gasteiger partial charge in [-0.2, -0.15) is 0 Å². The standard InChI is InChI=1S/C21H26N2S/c1-16(2)19-10-8-18(9-11-19)15-23(20-12-13-20)21(24)22-14-17-6-4-3-5-7-17/h3-11,16,20H,12-15H2,1-2H3,(H,22,24). The van der Waals surface area contributed by atoms with Crippen molar-refractivity contribution < 1.29 is 0 Å². The molecule has 0 spiro atoms. The second-order valence-corrected chi connectivity index (χ2v) is 7.29. The van der Waals surface area contributed by atoms with Crippen molar-refractivity contribution in [3.8, 4) is 0 Å². The van der Waals surface area contributed by atoms with Crippen molar-refractivity contribution in [3.63, 3.8) is 0 Å². The van der Waals surface area contributed by atoms with Gasteiger partial charge in [0.25, 0.3) is 0 Å². The van der Waals surface area contributed by atoms with Crippen molar-refractivity contribution in [1.82, 2.24) is 10.2 Å². The smallest absolute Gasteiger partial charge is 0.169 e. The van der Waals surface area contributed by atoms with E-state index in [4.69, 9.17) is 12.2 Å². The Kier molecular flexibility index (Phi) is 5.52. The molecule has 0 unspecified atom stereocenters. The lowest BCUT2D eigenvalue weighted by atomic mass is 10.0. The second-order valence-electron chi connectivity index (χ2n) is 6.90. The predicted molar refractivity (Wildman–Crippen MR) is 105 cm³/mol. The fourth-order valence-corrected chi connectivity index (χ4v) is 3.12. The van der Waals surface area contributed by atoms with Gasteiger partial charge in [-0.25, -0.2) is 0 Å². The molecular formula is C21H26N2S. The van der Waals surface area contributed by atoms with Crippen molar-refractivity contribution in [2.45, 2.75) is 51.7 Å². The van der Waals surface area contributed by atoms with Crippen LogP contribution >= 0.6 is 12.2 Å². The molecule has 0 bridgehead atoms. The fraction of sp³-hybridized carbons (Fsp3) is 0.381. The summed E-state index contributed by atoms with van der Waals surface area (Å²) in [5.41, 5.74) is 3.98. The Balaban J connectivity index is 1.60. The summed E-state index contributed by atoms with van der Waals surface area (Å²) in [7, 11) is 0. The number of nitrogens with zero attached hydrogens (tertiary/aromatic N) is 1. The molecule has 1 fully saturated rings. The Labute approximate surface area is 150 Å². The lowest BCUT2D eigenvalue weighted by Gasteiger charge is -2.26. The minimum absolute atomic E-state index is 0.576. The van der Waals surface area contributed by atoms with Crippen molar-refractivity contribution in [3.05, 3.63) is 71.3 Å². The number of benzene rings is 2. The molecule has 2 nitrogen and oxygen atoms in total. The lowest BCUT2D eigenvalue weighted by molar-refractivity contribution is 0.395. The van der Waals surface area contributed by atoms with Gasteiger partial charge in [0.1, 0.15) is 0 Å². The Morgan fingerprint density at radius 3 is 2.29 bits per heavy atom. The van der Waals surface area contributed by atoms with Gasteiger partial charge in [0.05, 0.1) is 0 Å². The number of hydrogen-bond acceptors (Lipinski definition) is 1. The molecule has 24 heavy (non-hydrogen) atoms. The molecule has 2 aromatic carbocycles. The highest BCUT2D eigenvalue weighted by Crippen LogP contribution is 2.29. The van der Waals surface area contributed by atoms with Crippen molar-refractivity contribution >= 4 is 17.3 Å². The van der Waals surface area contributed by atoms with E-state index in [1.165, 1.54) is 29.5 Å². The van der Waals surface area contributed by atoms with Crippen LogP contribution in [0, 0.1) is 0 Å². The van der Waals surface area contributed by atoms with E-state index in [1.54, 1.807) is 0 Å². The highest BCUT2D eigenvalue weighted by molar-refractivity contribution is 7.80. The van der Waals surface area contributed by atoms with Crippen molar-refractivity contribution in [2.24, 2.45) is 0 Å². The Morgan fingerprint density at radius 2 is 1.71 bits per heavy atom. The largest absolute Gasteiger partial charge is 0.358 e. The minimum atomic E-state index is 0.576. The topological polar surface area (TPSA) is 15.3 Å². The molecule has 0 radical (unpaired) electrons. The molecule has 3 heteroatoms. The summed E-state index contributed by atoms with van der Waals surface area (Å²) >= 11 is 5.67. The number of hydrogen-bond donors (Lipinski definition) is 1. The third-order valence-corrected chi connectivity index (χ3v) is 4.91. The van der Waals surface area contributed by atoms with Crippen LogP contribution < -0.4 is 5.32 Å². The molecule has 1 saturated carbocycles. The summed E-state index contributed by atoms with van der Waals surface area (Å²) in [5.74, 6) is 0.576. The Morgan fingerprint density at radius 1 is 1.04 bits per heavy atom. The van der Waals surface area contributed by atoms with E-state index in [9.17, 15) is 0 Å². The second kappa shape index (κ2) is 7.80. The first-order valence-electron chi connectivity index (χ1n) is 8.80. The minimum Gasteiger partial charge on any atom is -0.358 e. The summed E-state index contributed by atoms with van der Waals surface area (Å²) in [5, 5.41) is 4.30. The van der Waals surface area contributed by atoms with Gasteiger partial charge in [-0.1, -0.05) is 68.4 Å². The molecular weight excluding hydrogens is 312 g/mol. The number of thiocarbonyl (C=S) groups is 1. The normalized spacial score (nSPS) is 13.8. The van der Waals surface area contributed by atoms with Crippen LogP contribution in [-0.4, -0.2) is 16.1 Å². The van der Waals surface area contributed by atoms with Gasteiger partial charge >= 0.3 is 0 Å².